The molecule has 0 aromatic carbocycles. The summed E-state index contributed by atoms with van der Waals surface area (Å²) >= 11 is 0. The predicted octanol–water partition coefficient (Wildman–Crippen LogP) is 9.27. The van der Waals surface area contributed by atoms with Crippen LogP contribution in [0.3, 0.4) is 0 Å². The number of ether oxygens (including phenoxy) is 3. The predicted molar refractivity (Wildman–Crippen MR) is 257 cm³/mol. The van der Waals surface area contributed by atoms with Crippen LogP contribution in [-0.4, -0.2) is 111 Å². The number of hydrogen-bond acceptors (Lipinski definition) is 13. The quantitative estimate of drug-likeness (QED) is 0.0111. The average Bonchev–Trinajstić information content (AvgIpc) is 4.06. The van der Waals surface area contributed by atoms with Gasteiger partial charge in [0.25, 0.3) is 0 Å². The van der Waals surface area contributed by atoms with Crippen molar-refractivity contribution in [3.63, 3.8) is 0 Å². The van der Waals surface area contributed by atoms with Crippen molar-refractivity contribution in [2.24, 2.45) is 0 Å². The molecule has 1 aliphatic carbocycles. The van der Waals surface area contributed by atoms with Gasteiger partial charge in [-0.2, -0.15) is 0 Å². The monoisotopic (exact) mass is 953 g/mol. The molecule has 1 saturated carbocycles. The third kappa shape index (κ3) is 28.5. The number of rotatable bonds is 39. The lowest BCUT2D eigenvalue weighted by atomic mass is 9.85. The van der Waals surface area contributed by atoms with Gasteiger partial charge in [0.2, 0.25) is 0 Å². The molecule has 2 fully saturated rings. The van der Waals surface area contributed by atoms with Gasteiger partial charge in [-0.3, -0.25) is 18.6 Å². The number of phosphoric acid groups is 1. The summed E-state index contributed by atoms with van der Waals surface area (Å²) in [6, 6.07) is 0. The fourth-order valence-corrected chi connectivity index (χ4v) is 8.32. The first-order valence-electron chi connectivity index (χ1n) is 24.9. The Morgan fingerprint density at radius 3 is 1.58 bits per heavy atom. The second kappa shape index (κ2) is 37.2. The lowest BCUT2D eigenvalue weighted by Crippen LogP contribution is -2.64. The first kappa shape index (κ1) is 59.4. The van der Waals surface area contributed by atoms with Gasteiger partial charge < -0.3 is 44.6 Å². The average molecular weight is 953 g/mol. The van der Waals surface area contributed by atoms with Crippen molar-refractivity contribution in [3.05, 3.63) is 72.9 Å². The highest BCUT2D eigenvalue weighted by Gasteiger charge is 2.51. The van der Waals surface area contributed by atoms with Gasteiger partial charge in [0.1, 0.15) is 43.2 Å². The summed E-state index contributed by atoms with van der Waals surface area (Å²) < 4.78 is 39.2. The molecule has 0 spiro atoms. The molecule has 1 heterocycles. The van der Waals surface area contributed by atoms with Gasteiger partial charge in [-0.15, -0.1) is 0 Å². The third-order valence-electron chi connectivity index (χ3n) is 11.4. The molecule has 0 aromatic rings. The lowest BCUT2D eigenvalue weighted by molar-refractivity contribution is -0.220. The van der Waals surface area contributed by atoms with Gasteiger partial charge in [0.05, 0.1) is 18.8 Å². The molecule has 1 aliphatic heterocycles. The van der Waals surface area contributed by atoms with E-state index in [9.17, 15) is 44.6 Å². The van der Waals surface area contributed by atoms with E-state index in [1.807, 2.05) is 18.2 Å². The Bertz CT molecular complexity index is 1490. The van der Waals surface area contributed by atoms with E-state index in [2.05, 4.69) is 68.5 Å². The van der Waals surface area contributed by atoms with Crippen molar-refractivity contribution in [3.8, 4) is 0 Å². The van der Waals surface area contributed by atoms with Crippen molar-refractivity contribution in [1.82, 2.24) is 0 Å². The summed E-state index contributed by atoms with van der Waals surface area (Å²) in [5, 5.41) is 50.2. The van der Waals surface area contributed by atoms with Crippen molar-refractivity contribution >= 4 is 19.8 Å². The van der Waals surface area contributed by atoms with Gasteiger partial charge >= 0.3 is 19.8 Å². The maximum atomic E-state index is 12.8. The number of phosphoric ester groups is 1. The molecule has 5 unspecified atom stereocenters. The van der Waals surface area contributed by atoms with Crippen LogP contribution in [0.15, 0.2) is 72.9 Å². The van der Waals surface area contributed by atoms with E-state index in [0.717, 1.165) is 83.5 Å². The number of esters is 2. The van der Waals surface area contributed by atoms with E-state index in [1.54, 1.807) is 0 Å². The largest absolute Gasteiger partial charge is 0.472 e. The van der Waals surface area contributed by atoms with Crippen LogP contribution in [0.4, 0.5) is 0 Å². The van der Waals surface area contributed by atoms with E-state index in [1.165, 1.54) is 38.5 Å². The number of aliphatic hydroxyl groups is 5. The van der Waals surface area contributed by atoms with E-state index in [0.29, 0.717) is 31.5 Å². The second-order valence-electron chi connectivity index (χ2n) is 17.3. The minimum absolute atomic E-state index is 0.0347. The van der Waals surface area contributed by atoms with Crippen molar-refractivity contribution in [2.45, 2.75) is 223 Å². The Morgan fingerprint density at radius 1 is 0.545 bits per heavy atom. The van der Waals surface area contributed by atoms with Crippen LogP contribution in [0.5, 0.6) is 0 Å². The van der Waals surface area contributed by atoms with E-state index in [4.69, 9.17) is 23.3 Å². The van der Waals surface area contributed by atoms with Crippen LogP contribution in [0, 0.1) is 0 Å². The van der Waals surface area contributed by atoms with Crippen LogP contribution in [0.1, 0.15) is 168 Å². The normalized spacial score (nSPS) is 25.0. The third-order valence-corrected chi connectivity index (χ3v) is 12.4. The van der Waals surface area contributed by atoms with Crippen LogP contribution in [0.2, 0.25) is 0 Å². The smallest absolute Gasteiger partial charge is 0.462 e. The Hall–Kier alpha value is -2.75. The van der Waals surface area contributed by atoms with Crippen LogP contribution in [-0.2, 0) is 37.4 Å². The van der Waals surface area contributed by atoms with Crippen LogP contribution in [0.25, 0.3) is 0 Å². The summed E-state index contributed by atoms with van der Waals surface area (Å²) in [4.78, 5) is 35.8. The Labute approximate surface area is 395 Å². The highest BCUT2D eigenvalue weighted by Crippen LogP contribution is 2.47. The van der Waals surface area contributed by atoms with Crippen molar-refractivity contribution < 1.29 is 67.8 Å². The zero-order chi connectivity index (χ0) is 48.3. The topological polar surface area (TPSA) is 222 Å². The molecule has 1 saturated heterocycles. The Morgan fingerprint density at radius 2 is 1.02 bits per heavy atom. The molecule has 15 heteroatoms. The minimum atomic E-state index is -5.15. The Kier molecular flexibility index (Phi) is 33.5. The molecular formula is C51H85O14P. The standard InChI is InChI=1S/C51H85O14P/c1-3-5-7-8-9-10-11-12-13-14-15-16-21-24-27-30-34-38-45(53)63-41(40-62-66(59,60)65-51-49(57)47(55)46(54)48(56)50(51)58)39-61-44(52)37-33-29-26-23-20-18-17-19-22-25-28-32-36-43-42(64-43)35-31-6-4-2/h6,12-13,18-20,22,26,28-29,31-32,41-43,46-51,54-58H,3-5,7-11,14-17,21,23-25,27,30,33-40H2,1-2H3,(H,59,60)/b13-12-,20-18-,22-19-,29-26-,31-6-,32-28-/t41-,42?,43?,46?,47-,48+,49-,50-,51?/m1/s1. The summed E-state index contributed by atoms with van der Waals surface area (Å²) in [5.74, 6) is -1.21. The molecule has 14 nitrogen and oxygen atoms in total. The molecular weight excluding hydrogens is 868 g/mol. The first-order chi connectivity index (χ1) is 31.9. The fraction of sp³-hybridized carbons (Fsp3) is 0.725. The molecule has 10 atom stereocenters. The molecule has 378 valence electrons. The lowest BCUT2D eigenvalue weighted by Gasteiger charge is -2.41. The maximum absolute atomic E-state index is 12.8. The number of carbonyl (C=O) groups is 2. The summed E-state index contributed by atoms with van der Waals surface area (Å²) in [7, 11) is -5.15. The van der Waals surface area contributed by atoms with Gasteiger partial charge in [-0.1, -0.05) is 151 Å². The van der Waals surface area contributed by atoms with E-state index in [-0.39, 0.29) is 12.8 Å². The summed E-state index contributed by atoms with van der Waals surface area (Å²) in [6.45, 7) is 3.11. The number of hydrogen-bond donors (Lipinski definition) is 6. The number of epoxide rings is 1. The van der Waals surface area contributed by atoms with Crippen LogP contribution >= 0.6 is 7.82 Å². The molecule has 0 aromatic heterocycles. The molecule has 0 radical (unpaired) electrons. The highest BCUT2D eigenvalue weighted by atomic mass is 31.2. The van der Waals surface area contributed by atoms with Crippen molar-refractivity contribution in [2.75, 3.05) is 13.2 Å². The summed E-state index contributed by atoms with van der Waals surface area (Å²) in [6.07, 6.45) is 35.7. The van der Waals surface area contributed by atoms with E-state index < -0.39 is 75.7 Å². The molecule has 6 N–H and O–H groups in total. The second-order valence-corrected chi connectivity index (χ2v) is 18.7. The SMILES string of the molecule is CC/C=C\CC1OC1C/C=C\C/C=C\C/C=C\C/C=C\CCC(=O)OC[C@H](COP(=O)(O)OC1[C@H](O)[C@H](O)C(O)[C@H](O)[C@H]1O)OC(=O)CCCCCCCCC/C=C\CCCCCCCC. The van der Waals surface area contributed by atoms with Crippen LogP contribution < -0.4 is 0 Å². The Balaban J connectivity index is 1.71. The zero-order valence-corrected chi connectivity index (χ0v) is 40.8. The van der Waals surface area contributed by atoms with Gasteiger partial charge in [-0.25, -0.2) is 4.57 Å². The number of allylic oxidation sites excluding steroid dienone is 10. The molecule has 0 amide bonds. The van der Waals surface area contributed by atoms with Gasteiger partial charge in [0, 0.05) is 12.8 Å². The number of aliphatic hydroxyl groups excluding tert-OH is 5. The van der Waals surface area contributed by atoms with Gasteiger partial charge in [0.15, 0.2) is 6.10 Å². The molecule has 0 bridgehead atoms. The maximum Gasteiger partial charge on any atom is 0.472 e. The minimum Gasteiger partial charge on any atom is -0.462 e. The first-order valence-corrected chi connectivity index (χ1v) is 26.4. The molecule has 2 rings (SSSR count). The van der Waals surface area contributed by atoms with Crippen molar-refractivity contribution in [1.29, 1.82) is 0 Å². The molecule has 2 aliphatic rings. The summed E-state index contributed by atoms with van der Waals surface area (Å²) in [5.41, 5.74) is 0. The van der Waals surface area contributed by atoms with Gasteiger partial charge in [-0.05, 0) is 77.0 Å². The zero-order valence-electron chi connectivity index (χ0n) is 39.9. The highest BCUT2D eigenvalue weighted by molar-refractivity contribution is 7.47. The number of unbranched alkanes of at least 4 members (excludes halogenated alkanes) is 13. The fourth-order valence-electron chi connectivity index (χ4n) is 7.35. The number of carbonyl (C=O) groups excluding carboxylic acids is 2. The van der Waals surface area contributed by atoms with E-state index >= 15 is 0 Å². The molecule has 66 heavy (non-hydrogen) atoms.